The van der Waals surface area contributed by atoms with Crippen LogP contribution in [-0.2, 0) is 9.53 Å². The normalized spacial score (nSPS) is 25.9. The smallest absolute Gasteiger partial charge is 0.330 e. The van der Waals surface area contributed by atoms with Crippen LogP contribution in [0.3, 0.4) is 0 Å². The first-order valence-electron chi connectivity index (χ1n) is 3.64. The molecule has 5 heteroatoms. The van der Waals surface area contributed by atoms with Crippen molar-refractivity contribution < 1.29 is 9.53 Å². The zero-order valence-electron chi connectivity index (χ0n) is 7.30. The van der Waals surface area contributed by atoms with Crippen molar-refractivity contribution in [1.29, 1.82) is 0 Å². The van der Waals surface area contributed by atoms with Gasteiger partial charge in [-0.25, -0.2) is 4.79 Å². The minimum Gasteiger partial charge on any atom is -0.467 e. The van der Waals surface area contributed by atoms with Crippen molar-refractivity contribution in [1.82, 2.24) is 10.6 Å². The molecule has 0 amide bonds. The minimum atomic E-state index is -0.394. The number of nitrogens with one attached hydrogen (secondary N) is 2. The first-order chi connectivity index (χ1) is 5.47. The molecule has 1 fully saturated rings. The van der Waals surface area contributed by atoms with Gasteiger partial charge in [0.05, 0.1) is 12.6 Å². The summed E-state index contributed by atoms with van der Waals surface area (Å²) in [5.74, 6) is -0.299. The van der Waals surface area contributed by atoms with Crippen LogP contribution in [0.25, 0.3) is 0 Å². The second-order valence-corrected chi connectivity index (χ2v) is 3.68. The van der Waals surface area contributed by atoms with Crippen molar-refractivity contribution in [2.75, 3.05) is 7.11 Å². The fourth-order valence-corrected chi connectivity index (χ4v) is 1.56. The predicted octanol–water partition coefficient (Wildman–Crippen LogP) is -0.216. The Bertz CT molecular complexity index is 227. The van der Waals surface area contributed by atoms with Crippen molar-refractivity contribution in [2.24, 2.45) is 0 Å². The van der Waals surface area contributed by atoms with Crippen LogP contribution in [0.2, 0.25) is 0 Å². The fraction of sp³-hybridized carbons (Fsp3) is 0.714. The van der Waals surface area contributed by atoms with E-state index >= 15 is 0 Å². The van der Waals surface area contributed by atoms with E-state index in [1.165, 1.54) is 7.11 Å². The van der Waals surface area contributed by atoms with Crippen LogP contribution in [0.5, 0.6) is 0 Å². The van der Waals surface area contributed by atoms with E-state index in [1.54, 1.807) is 0 Å². The van der Waals surface area contributed by atoms with Gasteiger partial charge >= 0.3 is 5.97 Å². The summed E-state index contributed by atoms with van der Waals surface area (Å²) in [6.07, 6.45) is 0. The van der Waals surface area contributed by atoms with Crippen LogP contribution in [0.4, 0.5) is 0 Å². The van der Waals surface area contributed by atoms with Gasteiger partial charge in [-0.1, -0.05) is 0 Å². The molecule has 1 aliphatic heterocycles. The summed E-state index contributed by atoms with van der Waals surface area (Å²) in [7, 11) is 1.36. The van der Waals surface area contributed by atoms with Crippen molar-refractivity contribution in [3.05, 3.63) is 0 Å². The fourth-order valence-electron chi connectivity index (χ4n) is 1.18. The third-order valence-corrected chi connectivity index (χ3v) is 2.09. The number of methoxy groups -OCH3 is 1. The van der Waals surface area contributed by atoms with Gasteiger partial charge < -0.3 is 15.4 Å². The maximum absolute atomic E-state index is 11.2. The lowest BCUT2D eigenvalue weighted by Gasteiger charge is -2.23. The van der Waals surface area contributed by atoms with Crippen LogP contribution in [0.1, 0.15) is 13.8 Å². The Morgan fingerprint density at radius 2 is 2.25 bits per heavy atom. The Labute approximate surface area is 76.7 Å². The molecule has 2 N–H and O–H groups in total. The third-order valence-electron chi connectivity index (χ3n) is 1.87. The number of carbonyl (C=O) groups is 1. The molecule has 0 aromatic carbocycles. The lowest BCUT2D eigenvalue weighted by Crippen LogP contribution is -2.48. The van der Waals surface area contributed by atoms with Gasteiger partial charge in [0.25, 0.3) is 0 Å². The van der Waals surface area contributed by atoms with E-state index in [2.05, 4.69) is 15.4 Å². The van der Waals surface area contributed by atoms with Crippen molar-refractivity contribution in [2.45, 2.75) is 25.4 Å². The van der Waals surface area contributed by atoms with Crippen LogP contribution < -0.4 is 10.6 Å². The molecule has 4 nitrogen and oxygen atoms in total. The molecule has 0 aromatic rings. The highest BCUT2D eigenvalue weighted by Gasteiger charge is 2.42. The summed E-state index contributed by atoms with van der Waals surface area (Å²) < 4.78 is 4.62. The molecule has 1 rings (SSSR count). The Balaban J connectivity index is 2.78. The summed E-state index contributed by atoms with van der Waals surface area (Å²) in [4.78, 5) is 11.2. The van der Waals surface area contributed by atoms with Gasteiger partial charge in [-0.3, -0.25) is 0 Å². The maximum atomic E-state index is 11.2. The molecule has 1 unspecified atom stereocenters. The quantitative estimate of drug-likeness (QED) is 0.440. The Hall–Kier alpha value is -0.840. The van der Waals surface area contributed by atoms with Gasteiger partial charge in [0.1, 0.15) is 6.04 Å². The molecule has 0 radical (unpaired) electrons. The molecule has 12 heavy (non-hydrogen) atoms. The lowest BCUT2D eigenvalue weighted by atomic mass is 9.97. The Kier molecular flexibility index (Phi) is 2.23. The number of esters is 1. The average Bonchev–Trinajstić information content (AvgIpc) is 2.23. The number of hydrogen-bond acceptors (Lipinski definition) is 3. The summed E-state index contributed by atoms with van der Waals surface area (Å²) in [5, 5.41) is 6.31. The molecule has 68 valence electrons. The molecule has 1 atom stereocenters. The van der Waals surface area contributed by atoms with E-state index in [0.29, 0.717) is 5.11 Å². The van der Waals surface area contributed by atoms with E-state index < -0.39 is 6.04 Å². The summed E-state index contributed by atoms with van der Waals surface area (Å²) >= 11 is 4.88. The van der Waals surface area contributed by atoms with Crippen LogP contribution >= 0.6 is 12.2 Å². The number of thiocarbonyl (C=S) groups is 1. The van der Waals surface area contributed by atoms with Crippen LogP contribution in [-0.4, -0.2) is 29.8 Å². The second-order valence-electron chi connectivity index (χ2n) is 3.28. The highest BCUT2D eigenvalue weighted by molar-refractivity contribution is 7.80. The van der Waals surface area contributed by atoms with E-state index in [4.69, 9.17) is 12.2 Å². The molecule has 1 saturated heterocycles. The summed E-state index contributed by atoms with van der Waals surface area (Å²) in [5.41, 5.74) is -0.371. The van der Waals surface area contributed by atoms with Crippen molar-refractivity contribution >= 4 is 23.3 Å². The van der Waals surface area contributed by atoms with Gasteiger partial charge in [0.15, 0.2) is 5.11 Å². The van der Waals surface area contributed by atoms with E-state index in [0.717, 1.165) is 0 Å². The standard InChI is InChI=1S/C7H12N2O2S/c1-7(2)4(5(10)11-3)8-6(12)9-7/h4H,1-3H3,(H2,8,9,12). The molecule has 1 heterocycles. The summed E-state index contributed by atoms with van der Waals surface area (Å²) in [6.45, 7) is 3.78. The van der Waals surface area contributed by atoms with Gasteiger partial charge in [0, 0.05) is 0 Å². The Morgan fingerprint density at radius 3 is 2.58 bits per heavy atom. The zero-order chi connectivity index (χ0) is 9.35. The molecule has 0 aliphatic carbocycles. The first-order valence-corrected chi connectivity index (χ1v) is 4.04. The van der Waals surface area contributed by atoms with E-state index in [9.17, 15) is 4.79 Å². The Morgan fingerprint density at radius 1 is 1.67 bits per heavy atom. The van der Waals surface area contributed by atoms with E-state index in [1.807, 2.05) is 13.8 Å². The second kappa shape index (κ2) is 2.90. The molecular weight excluding hydrogens is 176 g/mol. The van der Waals surface area contributed by atoms with Gasteiger partial charge in [0.2, 0.25) is 0 Å². The van der Waals surface area contributed by atoms with E-state index in [-0.39, 0.29) is 11.5 Å². The number of rotatable bonds is 1. The monoisotopic (exact) mass is 188 g/mol. The van der Waals surface area contributed by atoms with Crippen molar-refractivity contribution in [3.8, 4) is 0 Å². The molecule has 0 aromatic heterocycles. The van der Waals surface area contributed by atoms with Gasteiger partial charge in [-0.2, -0.15) is 0 Å². The van der Waals surface area contributed by atoms with Crippen LogP contribution in [0, 0.1) is 0 Å². The molecular formula is C7H12N2O2S. The summed E-state index contributed by atoms with van der Waals surface area (Å²) in [6, 6.07) is -0.394. The minimum absolute atomic E-state index is 0.299. The SMILES string of the molecule is COC(=O)C1NC(=S)NC1(C)C. The van der Waals surface area contributed by atoms with Gasteiger partial charge in [-0.05, 0) is 26.1 Å². The molecule has 0 bridgehead atoms. The zero-order valence-corrected chi connectivity index (χ0v) is 8.12. The lowest BCUT2D eigenvalue weighted by molar-refractivity contribution is -0.143. The van der Waals surface area contributed by atoms with Gasteiger partial charge in [-0.15, -0.1) is 0 Å². The number of hydrogen-bond donors (Lipinski definition) is 2. The third kappa shape index (κ3) is 1.50. The predicted molar refractivity (Wildman–Crippen MR) is 48.8 cm³/mol. The maximum Gasteiger partial charge on any atom is 0.330 e. The average molecular weight is 188 g/mol. The van der Waals surface area contributed by atoms with Crippen molar-refractivity contribution in [3.63, 3.8) is 0 Å². The number of carbonyl (C=O) groups excluding carboxylic acids is 1. The largest absolute Gasteiger partial charge is 0.467 e. The van der Waals surface area contributed by atoms with Crippen LogP contribution in [0.15, 0.2) is 0 Å². The molecule has 0 saturated carbocycles. The molecule has 0 spiro atoms. The topological polar surface area (TPSA) is 50.4 Å². The highest BCUT2D eigenvalue weighted by atomic mass is 32.1. The number of ether oxygens (including phenoxy) is 1. The first kappa shape index (κ1) is 9.25. The molecule has 1 aliphatic rings. The highest BCUT2D eigenvalue weighted by Crippen LogP contribution is 2.15.